The van der Waals surface area contributed by atoms with Gasteiger partial charge >= 0.3 is 0 Å². The summed E-state index contributed by atoms with van der Waals surface area (Å²) in [6.45, 7) is 12.6. The van der Waals surface area contributed by atoms with E-state index in [9.17, 15) is 0 Å². The topological polar surface area (TPSA) is 24.5 Å². The lowest BCUT2D eigenvalue weighted by molar-refractivity contribution is -0.193. The van der Waals surface area contributed by atoms with E-state index in [-0.39, 0.29) is 0 Å². The summed E-state index contributed by atoms with van der Waals surface area (Å²) in [5.41, 5.74) is 0.611. The molecule has 19 heavy (non-hydrogen) atoms. The number of rotatable bonds is 5. The van der Waals surface area contributed by atoms with Gasteiger partial charge in [0.05, 0.1) is 6.10 Å². The van der Waals surface area contributed by atoms with Gasteiger partial charge in [0.25, 0.3) is 0 Å². The second-order valence-corrected chi connectivity index (χ2v) is 8.18. The predicted octanol–water partition coefficient (Wildman–Crippen LogP) is 2.37. The zero-order chi connectivity index (χ0) is 14.3. The van der Waals surface area contributed by atoms with Gasteiger partial charge in [-0.1, -0.05) is 27.7 Å². The first kappa shape index (κ1) is 15.3. The molecule has 3 nitrogen and oxygen atoms in total. The van der Waals surface area contributed by atoms with E-state index in [1.807, 2.05) is 0 Å². The molecule has 0 aromatic rings. The number of nitrogens with zero attached hydrogens (tertiary/aromatic N) is 1. The van der Waals surface area contributed by atoms with Gasteiger partial charge in [0.2, 0.25) is 0 Å². The Hall–Kier alpha value is -0.120. The summed E-state index contributed by atoms with van der Waals surface area (Å²) in [5.74, 6) is 0.735. The molecule has 1 saturated heterocycles. The van der Waals surface area contributed by atoms with E-state index < -0.39 is 0 Å². The van der Waals surface area contributed by atoms with Crippen molar-refractivity contribution in [2.45, 2.75) is 52.7 Å². The van der Waals surface area contributed by atoms with Crippen LogP contribution in [0.1, 0.15) is 40.5 Å². The fourth-order valence-electron chi connectivity index (χ4n) is 4.24. The molecule has 0 aromatic heterocycles. The Labute approximate surface area is 119 Å². The third-order valence-corrected chi connectivity index (χ3v) is 4.88. The third-order valence-electron chi connectivity index (χ3n) is 4.88. The molecule has 1 aliphatic carbocycles. The van der Waals surface area contributed by atoms with Crippen LogP contribution < -0.4 is 5.32 Å². The van der Waals surface area contributed by atoms with Crippen molar-refractivity contribution in [3.8, 4) is 0 Å². The van der Waals surface area contributed by atoms with Gasteiger partial charge in [-0.3, -0.25) is 0 Å². The molecule has 0 amide bonds. The van der Waals surface area contributed by atoms with E-state index >= 15 is 0 Å². The molecule has 112 valence electrons. The van der Waals surface area contributed by atoms with Gasteiger partial charge in [-0.25, -0.2) is 0 Å². The molecule has 3 heteroatoms. The fraction of sp³-hybridized carbons (Fsp3) is 1.00. The highest BCUT2D eigenvalue weighted by Gasteiger charge is 2.57. The molecule has 0 bridgehead atoms. The van der Waals surface area contributed by atoms with E-state index in [1.165, 1.54) is 12.8 Å². The Morgan fingerprint density at radius 3 is 2.63 bits per heavy atom. The van der Waals surface area contributed by atoms with Crippen molar-refractivity contribution in [1.29, 1.82) is 0 Å². The van der Waals surface area contributed by atoms with E-state index in [4.69, 9.17) is 4.74 Å². The van der Waals surface area contributed by atoms with Crippen LogP contribution in [0.2, 0.25) is 0 Å². The minimum Gasteiger partial charge on any atom is -0.377 e. The van der Waals surface area contributed by atoms with Crippen LogP contribution in [0.25, 0.3) is 0 Å². The standard InChI is InChI=1S/C16H32N2O/c1-15(2,11-18(5)6)10-17-13-12-8-7-9-19-14(12)16(13,3)4/h12-14,17H,7-11H2,1-6H3. The van der Waals surface area contributed by atoms with Crippen molar-refractivity contribution >= 4 is 0 Å². The summed E-state index contributed by atoms with van der Waals surface area (Å²) in [5, 5.41) is 3.85. The molecule has 0 spiro atoms. The van der Waals surface area contributed by atoms with Crippen LogP contribution in [0.5, 0.6) is 0 Å². The summed E-state index contributed by atoms with van der Waals surface area (Å²) < 4.78 is 5.97. The highest BCUT2D eigenvalue weighted by molar-refractivity contribution is 5.10. The van der Waals surface area contributed by atoms with Crippen LogP contribution in [-0.2, 0) is 4.74 Å². The molecule has 3 unspecified atom stereocenters. The third kappa shape index (κ3) is 3.14. The van der Waals surface area contributed by atoms with Crippen LogP contribution in [0, 0.1) is 16.7 Å². The molecule has 2 rings (SSSR count). The van der Waals surface area contributed by atoms with E-state index in [0.29, 0.717) is 23.0 Å². The van der Waals surface area contributed by atoms with Crippen molar-refractivity contribution in [2.24, 2.45) is 16.7 Å². The maximum atomic E-state index is 5.97. The van der Waals surface area contributed by atoms with E-state index in [1.54, 1.807) is 0 Å². The van der Waals surface area contributed by atoms with Crippen molar-refractivity contribution in [3.05, 3.63) is 0 Å². The molecular weight excluding hydrogens is 236 g/mol. The van der Waals surface area contributed by atoms with Gasteiger partial charge in [0.15, 0.2) is 0 Å². The molecule has 2 aliphatic rings. The lowest BCUT2D eigenvalue weighted by Crippen LogP contribution is -2.70. The lowest BCUT2D eigenvalue weighted by atomic mass is 9.55. The molecule has 1 saturated carbocycles. The van der Waals surface area contributed by atoms with Crippen LogP contribution in [-0.4, -0.2) is 50.8 Å². The average Bonchev–Trinajstić information content (AvgIpc) is 2.26. The highest BCUT2D eigenvalue weighted by atomic mass is 16.5. The van der Waals surface area contributed by atoms with Gasteiger partial charge in [0, 0.05) is 37.1 Å². The smallest absolute Gasteiger partial charge is 0.0684 e. The summed E-state index contributed by atoms with van der Waals surface area (Å²) in [4.78, 5) is 2.28. The summed E-state index contributed by atoms with van der Waals surface area (Å²) in [7, 11) is 4.31. The van der Waals surface area contributed by atoms with Gasteiger partial charge in [-0.2, -0.15) is 0 Å². The minimum absolute atomic E-state index is 0.291. The lowest BCUT2D eigenvalue weighted by Gasteiger charge is -2.60. The van der Waals surface area contributed by atoms with E-state index in [2.05, 4.69) is 52.0 Å². The molecular formula is C16H32N2O. The second-order valence-electron chi connectivity index (χ2n) is 8.18. The van der Waals surface area contributed by atoms with Crippen molar-refractivity contribution in [2.75, 3.05) is 33.8 Å². The first-order valence-corrected chi connectivity index (χ1v) is 7.74. The maximum Gasteiger partial charge on any atom is 0.0684 e. The Morgan fingerprint density at radius 1 is 1.32 bits per heavy atom. The molecule has 2 fully saturated rings. The van der Waals surface area contributed by atoms with Crippen LogP contribution in [0.15, 0.2) is 0 Å². The Morgan fingerprint density at radius 2 is 2.00 bits per heavy atom. The predicted molar refractivity (Wildman–Crippen MR) is 80.4 cm³/mol. The van der Waals surface area contributed by atoms with Gasteiger partial charge in [-0.05, 0) is 32.4 Å². The average molecular weight is 268 g/mol. The van der Waals surface area contributed by atoms with E-state index in [0.717, 1.165) is 25.6 Å². The molecule has 1 heterocycles. The highest BCUT2D eigenvalue weighted by Crippen LogP contribution is 2.51. The summed E-state index contributed by atoms with van der Waals surface area (Å²) >= 11 is 0. The zero-order valence-corrected chi connectivity index (χ0v) is 13.6. The van der Waals surface area contributed by atoms with Crippen molar-refractivity contribution in [1.82, 2.24) is 10.2 Å². The van der Waals surface area contributed by atoms with Crippen LogP contribution >= 0.6 is 0 Å². The first-order valence-electron chi connectivity index (χ1n) is 7.74. The number of hydrogen-bond acceptors (Lipinski definition) is 3. The number of fused-ring (bicyclic) bond motifs is 1. The monoisotopic (exact) mass is 268 g/mol. The number of hydrogen-bond donors (Lipinski definition) is 1. The first-order chi connectivity index (χ1) is 8.74. The summed E-state index contributed by atoms with van der Waals surface area (Å²) in [6.07, 6.45) is 3.05. The number of nitrogens with one attached hydrogen (secondary N) is 1. The Bertz CT molecular complexity index is 312. The SMILES string of the molecule is CN(C)CC(C)(C)CNC1C2CCCOC2C1(C)C. The van der Waals surface area contributed by atoms with Crippen LogP contribution in [0.4, 0.5) is 0 Å². The van der Waals surface area contributed by atoms with Gasteiger partial charge in [0.1, 0.15) is 0 Å². The minimum atomic E-state index is 0.291. The zero-order valence-electron chi connectivity index (χ0n) is 13.6. The largest absolute Gasteiger partial charge is 0.377 e. The maximum absolute atomic E-state index is 5.97. The van der Waals surface area contributed by atoms with Gasteiger partial charge in [-0.15, -0.1) is 0 Å². The van der Waals surface area contributed by atoms with Gasteiger partial charge < -0.3 is 15.0 Å². The molecule has 3 atom stereocenters. The summed E-state index contributed by atoms with van der Waals surface area (Å²) in [6, 6.07) is 0.624. The molecule has 1 N–H and O–H groups in total. The molecule has 0 radical (unpaired) electrons. The van der Waals surface area contributed by atoms with Crippen molar-refractivity contribution < 1.29 is 4.74 Å². The fourth-order valence-corrected chi connectivity index (χ4v) is 4.24. The van der Waals surface area contributed by atoms with Crippen molar-refractivity contribution in [3.63, 3.8) is 0 Å². The second kappa shape index (κ2) is 5.34. The number of ether oxygens (including phenoxy) is 1. The molecule has 0 aromatic carbocycles. The Kier molecular flexibility index (Phi) is 4.29. The quantitative estimate of drug-likeness (QED) is 0.828. The Balaban J connectivity index is 1.89. The normalized spacial score (nSPS) is 33.9. The van der Waals surface area contributed by atoms with Crippen LogP contribution in [0.3, 0.4) is 0 Å². The molecule has 1 aliphatic heterocycles.